The number of hydrogen-bond donors (Lipinski definition) is 1. The molecule has 6 nitrogen and oxygen atoms in total. The molecule has 1 unspecified atom stereocenters. The molecule has 0 aliphatic rings. The fraction of sp³-hybridized carbons (Fsp3) is 0.241. The van der Waals surface area contributed by atoms with E-state index in [4.69, 9.17) is 14.2 Å². The maximum absolute atomic E-state index is 12.7. The molecule has 0 aliphatic carbocycles. The number of carbonyl (C=O) groups is 2. The number of ether oxygens (including phenoxy) is 3. The zero-order chi connectivity index (χ0) is 25.8. The van der Waals surface area contributed by atoms with Crippen LogP contribution in [-0.2, 0) is 20.7 Å². The topological polar surface area (TPSA) is 73.9 Å². The van der Waals surface area contributed by atoms with Gasteiger partial charge in [-0.05, 0) is 68.8 Å². The van der Waals surface area contributed by atoms with Gasteiger partial charge in [0.1, 0.15) is 17.5 Å². The molecule has 0 saturated heterocycles. The molecule has 0 bridgehead atoms. The van der Waals surface area contributed by atoms with E-state index in [0.717, 1.165) is 47.6 Å². The Balaban J connectivity index is 2.06. The third kappa shape index (κ3) is 4.97. The second-order valence-electron chi connectivity index (χ2n) is 8.36. The molecule has 0 aromatic heterocycles. The first-order chi connectivity index (χ1) is 17.4. The normalized spacial score (nSPS) is 11.8. The summed E-state index contributed by atoms with van der Waals surface area (Å²) in [6.07, 6.45) is 0.212. The first-order valence-corrected chi connectivity index (χ1v) is 12.7. The molecule has 0 radical (unpaired) electrons. The fourth-order valence-corrected chi connectivity index (χ4v) is 5.49. The number of nitrogens with one attached hydrogen (secondary N) is 1. The van der Waals surface area contributed by atoms with Crippen LogP contribution in [0, 0.1) is 3.57 Å². The lowest BCUT2D eigenvalue weighted by atomic mass is 9.89. The smallest absolute Gasteiger partial charge is 0.328 e. The number of fused-ring (bicyclic) bond motifs is 2. The van der Waals surface area contributed by atoms with Crippen molar-refractivity contribution in [3.63, 3.8) is 0 Å². The zero-order valence-corrected chi connectivity index (χ0v) is 22.8. The first-order valence-electron chi connectivity index (χ1n) is 11.7. The molecule has 36 heavy (non-hydrogen) atoms. The SMILES string of the molecule is CCOC(=O)C(Cc1cc2ccccc2c(-c2c(OC)c(I)cc3ccccc23)c1OC)NC(C)=O. The first kappa shape index (κ1) is 25.8. The molecule has 0 spiro atoms. The largest absolute Gasteiger partial charge is 0.496 e. The number of benzene rings is 4. The summed E-state index contributed by atoms with van der Waals surface area (Å²) in [7, 11) is 3.29. The van der Waals surface area contributed by atoms with Crippen molar-refractivity contribution in [2.75, 3.05) is 20.8 Å². The van der Waals surface area contributed by atoms with E-state index in [1.54, 1.807) is 21.1 Å². The van der Waals surface area contributed by atoms with E-state index >= 15 is 0 Å². The van der Waals surface area contributed by atoms with Gasteiger partial charge in [-0.3, -0.25) is 4.79 Å². The molecule has 4 rings (SSSR count). The van der Waals surface area contributed by atoms with Crippen molar-refractivity contribution in [1.82, 2.24) is 5.32 Å². The minimum absolute atomic E-state index is 0.212. The van der Waals surface area contributed by atoms with Crippen molar-refractivity contribution in [2.45, 2.75) is 26.3 Å². The standard InChI is InChI=1S/C29H28INO5/c1-5-36-29(33)24(31-17(2)32)16-20-14-18-10-6-8-12-21(18)25(27(20)34-3)26-22-13-9-7-11-19(22)15-23(30)28(26)35-4/h6-15,24H,5,16H2,1-4H3,(H,31,32). The van der Waals surface area contributed by atoms with E-state index in [-0.39, 0.29) is 18.9 Å². The van der Waals surface area contributed by atoms with Crippen molar-refractivity contribution in [1.29, 1.82) is 0 Å². The molecule has 1 N–H and O–H groups in total. The Labute approximate surface area is 224 Å². The molecule has 0 saturated carbocycles. The van der Waals surface area contributed by atoms with Gasteiger partial charge in [0.25, 0.3) is 0 Å². The summed E-state index contributed by atoms with van der Waals surface area (Å²) in [5, 5.41) is 6.83. The highest BCUT2D eigenvalue weighted by molar-refractivity contribution is 14.1. The van der Waals surface area contributed by atoms with Crippen LogP contribution in [0.5, 0.6) is 11.5 Å². The number of rotatable bonds is 8. The summed E-state index contributed by atoms with van der Waals surface area (Å²) in [5.74, 6) is 0.581. The van der Waals surface area contributed by atoms with Gasteiger partial charge in [0, 0.05) is 24.5 Å². The predicted molar refractivity (Wildman–Crippen MR) is 151 cm³/mol. The average molecular weight is 597 g/mol. The Morgan fingerprint density at radius 1 is 0.889 bits per heavy atom. The summed E-state index contributed by atoms with van der Waals surface area (Å²) in [5.41, 5.74) is 2.58. The van der Waals surface area contributed by atoms with Crippen LogP contribution < -0.4 is 14.8 Å². The van der Waals surface area contributed by atoms with E-state index in [9.17, 15) is 9.59 Å². The van der Waals surface area contributed by atoms with Gasteiger partial charge >= 0.3 is 5.97 Å². The van der Waals surface area contributed by atoms with Gasteiger partial charge in [-0.25, -0.2) is 4.79 Å². The number of carbonyl (C=O) groups excluding carboxylic acids is 2. The second-order valence-corrected chi connectivity index (χ2v) is 9.52. The molecule has 0 heterocycles. The van der Waals surface area contributed by atoms with E-state index in [0.29, 0.717) is 5.75 Å². The van der Waals surface area contributed by atoms with Crippen LogP contribution in [-0.4, -0.2) is 38.7 Å². The lowest BCUT2D eigenvalue weighted by molar-refractivity contribution is -0.147. The van der Waals surface area contributed by atoms with Crippen LogP contribution in [0.4, 0.5) is 0 Å². The van der Waals surface area contributed by atoms with E-state index in [2.05, 4.69) is 52.2 Å². The molecule has 186 valence electrons. The van der Waals surface area contributed by atoms with Crippen LogP contribution in [0.2, 0.25) is 0 Å². The number of esters is 1. The molecule has 1 atom stereocenters. The van der Waals surface area contributed by atoms with Crippen molar-refractivity contribution < 1.29 is 23.8 Å². The van der Waals surface area contributed by atoms with Crippen molar-refractivity contribution in [2.24, 2.45) is 0 Å². The molecule has 1 amide bonds. The zero-order valence-electron chi connectivity index (χ0n) is 20.7. The number of halogens is 1. The van der Waals surface area contributed by atoms with Crippen molar-refractivity contribution >= 4 is 56.0 Å². The number of amides is 1. The highest BCUT2D eigenvalue weighted by Gasteiger charge is 2.27. The lowest BCUT2D eigenvalue weighted by Gasteiger charge is -2.23. The third-order valence-corrected chi connectivity index (χ3v) is 6.87. The molecule has 0 fully saturated rings. The van der Waals surface area contributed by atoms with Crippen LogP contribution in [0.25, 0.3) is 32.7 Å². The van der Waals surface area contributed by atoms with E-state index in [1.807, 2.05) is 36.4 Å². The quantitative estimate of drug-likeness (QED) is 0.203. The molecular weight excluding hydrogens is 569 g/mol. The monoisotopic (exact) mass is 597 g/mol. The van der Waals surface area contributed by atoms with Crippen molar-refractivity contribution in [3.8, 4) is 22.6 Å². The van der Waals surface area contributed by atoms with Crippen molar-refractivity contribution in [3.05, 3.63) is 69.8 Å². The summed E-state index contributed by atoms with van der Waals surface area (Å²) in [6.45, 7) is 3.35. The minimum Gasteiger partial charge on any atom is -0.496 e. The lowest BCUT2D eigenvalue weighted by Crippen LogP contribution is -2.42. The molecule has 4 aromatic carbocycles. The third-order valence-electron chi connectivity index (χ3n) is 6.07. The van der Waals surface area contributed by atoms with Gasteiger partial charge in [0.05, 0.1) is 24.4 Å². The fourth-order valence-electron chi connectivity index (χ4n) is 4.66. The Morgan fingerprint density at radius 3 is 2.00 bits per heavy atom. The van der Waals surface area contributed by atoms with Gasteiger partial charge in [0.2, 0.25) is 5.91 Å². The molecule has 0 aliphatic heterocycles. The summed E-state index contributed by atoms with van der Waals surface area (Å²) < 4.78 is 18.2. The van der Waals surface area contributed by atoms with Gasteiger partial charge in [-0.15, -0.1) is 0 Å². The maximum atomic E-state index is 12.7. The maximum Gasteiger partial charge on any atom is 0.328 e. The van der Waals surface area contributed by atoms with E-state index < -0.39 is 12.0 Å². The highest BCUT2D eigenvalue weighted by atomic mass is 127. The van der Waals surface area contributed by atoms with Gasteiger partial charge in [-0.2, -0.15) is 0 Å². The van der Waals surface area contributed by atoms with E-state index in [1.165, 1.54) is 6.92 Å². The second kappa shape index (κ2) is 11.2. The van der Waals surface area contributed by atoms with Gasteiger partial charge in [0.15, 0.2) is 0 Å². The molecule has 4 aromatic rings. The average Bonchev–Trinajstić information content (AvgIpc) is 2.86. The highest BCUT2D eigenvalue weighted by Crippen LogP contribution is 2.48. The van der Waals surface area contributed by atoms with Gasteiger partial charge in [-0.1, -0.05) is 48.5 Å². The predicted octanol–water partition coefficient (Wildman–Crippen LogP) is 5.89. The summed E-state index contributed by atoms with van der Waals surface area (Å²) in [4.78, 5) is 24.6. The Hall–Kier alpha value is -3.33. The Morgan fingerprint density at radius 2 is 1.44 bits per heavy atom. The van der Waals surface area contributed by atoms with Crippen LogP contribution in [0.15, 0.2) is 60.7 Å². The summed E-state index contributed by atoms with van der Waals surface area (Å²) >= 11 is 2.29. The number of hydrogen-bond acceptors (Lipinski definition) is 5. The van der Waals surface area contributed by atoms with Crippen LogP contribution >= 0.6 is 22.6 Å². The molecular formula is C29H28INO5. The minimum atomic E-state index is -0.847. The van der Waals surface area contributed by atoms with Crippen LogP contribution in [0.3, 0.4) is 0 Å². The molecule has 7 heteroatoms. The summed E-state index contributed by atoms with van der Waals surface area (Å²) in [6, 6.07) is 19.5. The number of methoxy groups -OCH3 is 2. The van der Waals surface area contributed by atoms with Crippen LogP contribution in [0.1, 0.15) is 19.4 Å². The van der Waals surface area contributed by atoms with Gasteiger partial charge < -0.3 is 19.5 Å². The Bertz CT molecular complexity index is 1450. The Kier molecular flexibility index (Phi) is 7.98.